The summed E-state index contributed by atoms with van der Waals surface area (Å²) in [5.41, 5.74) is 2.65. The Balaban J connectivity index is 1.93. The average molecular weight is 315 g/mol. The van der Waals surface area contributed by atoms with Crippen molar-refractivity contribution in [3.05, 3.63) is 35.1 Å². The first-order chi connectivity index (χ1) is 11.1. The lowest BCUT2D eigenvalue weighted by atomic mass is 9.57. The highest BCUT2D eigenvalue weighted by atomic mass is 16.6. The van der Waals surface area contributed by atoms with Gasteiger partial charge in [-0.05, 0) is 43.0 Å². The topological polar surface area (TPSA) is 39.7 Å². The van der Waals surface area contributed by atoms with Gasteiger partial charge in [0.05, 0.1) is 14.2 Å². The molecule has 1 N–H and O–H groups in total. The molecule has 0 saturated carbocycles. The molecule has 1 aromatic rings. The Hall–Kier alpha value is -1.68. The minimum absolute atomic E-state index is 0.0576. The van der Waals surface area contributed by atoms with Crippen LogP contribution in [0.25, 0.3) is 0 Å². The molecule has 4 atom stereocenters. The van der Waals surface area contributed by atoms with E-state index in [4.69, 9.17) is 14.2 Å². The number of allylic oxidation sites excluding steroid dienone is 1. The van der Waals surface area contributed by atoms with Gasteiger partial charge in [-0.1, -0.05) is 19.9 Å². The van der Waals surface area contributed by atoms with E-state index in [1.54, 1.807) is 14.2 Å². The van der Waals surface area contributed by atoms with E-state index in [0.29, 0.717) is 12.0 Å². The number of likely N-dealkylation sites (N-methyl/N-ethyl adjacent to an activating group) is 1. The molecule has 4 rings (SSSR count). The van der Waals surface area contributed by atoms with E-state index in [1.165, 1.54) is 11.1 Å². The highest BCUT2D eigenvalue weighted by Crippen LogP contribution is 2.60. The van der Waals surface area contributed by atoms with Crippen molar-refractivity contribution in [2.75, 3.05) is 20.8 Å². The molecular weight excluding hydrogens is 290 g/mol. The van der Waals surface area contributed by atoms with Gasteiger partial charge in [0.2, 0.25) is 0 Å². The third-order valence-corrected chi connectivity index (χ3v) is 5.98. The number of benzene rings is 1. The minimum atomic E-state index is -0.0651. The first kappa shape index (κ1) is 14.9. The maximum atomic E-state index is 6.41. The molecule has 0 radical (unpaired) electrons. The first-order valence-electron chi connectivity index (χ1n) is 8.49. The van der Waals surface area contributed by atoms with Gasteiger partial charge in [-0.2, -0.15) is 0 Å². The molecule has 1 heterocycles. The third kappa shape index (κ3) is 1.81. The number of ether oxygens (including phenoxy) is 3. The Morgan fingerprint density at radius 2 is 2.13 bits per heavy atom. The van der Waals surface area contributed by atoms with Crippen molar-refractivity contribution in [1.82, 2.24) is 5.32 Å². The fraction of sp³-hybridized carbons (Fsp3) is 0.579. The lowest BCUT2D eigenvalue weighted by molar-refractivity contribution is 0.0514. The summed E-state index contributed by atoms with van der Waals surface area (Å²) < 4.78 is 17.6. The Kier molecular flexibility index (Phi) is 3.34. The molecule has 0 spiro atoms. The molecule has 1 aromatic carbocycles. The molecule has 0 aromatic heterocycles. The first-order valence-corrected chi connectivity index (χ1v) is 8.49. The quantitative estimate of drug-likeness (QED) is 0.927. The molecule has 3 unspecified atom stereocenters. The monoisotopic (exact) mass is 315 g/mol. The maximum Gasteiger partial charge on any atom is 0.166 e. The van der Waals surface area contributed by atoms with E-state index in [0.717, 1.165) is 36.6 Å². The van der Waals surface area contributed by atoms with Gasteiger partial charge in [0.25, 0.3) is 0 Å². The van der Waals surface area contributed by atoms with Crippen LogP contribution >= 0.6 is 0 Å². The van der Waals surface area contributed by atoms with Gasteiger partial charge in [0.1, 0.15) is 5.76 Å². The van der Waals surface area contributed by atoms with Gasteiger partial charge in [0.15, 0.2) is 17.6 Å². The van der Waals surface area contributed by atoms with Crippen LogP contribution in [0.1, 0.15) is 31.4 Å². The molecule has 1 aliphatic heterocycles. The Morgan fingerprint density at radius 1 is 1.30 bits per heavy atom. The average Bonchev–Trinajstić information content (AvgIpc) is 2.88. The molecule has 0 fully saturated rings. The van der Waals surface area contributed by atoms with Gasteiger partial charge in [-0.3, -0.25) is 0 Å². The molecule has 0 saturated heterocycles. The van der Waals surface area contributed by atoms with Gasteiger partial charge in [-0.25, -0.2) is 0 Å². The lowest BCUT2D eigenvalue weighted by Crippen LogP contribution is -2.57. The predicted octanol–water partition coefficient (Wildman–Crippen LogP) is 2.80. The van der Waals surface area contributed by atoms with Crippen LogP contribution < -0.4 is 14.8 Å². The second kappa shape index (κ2) is 5.17. The second-order valence-electron chi connectivity index (χ2n) is 6.93. The molecule has 3 aliphatic rings. The van der Waals surface area contributed by atoms with Crippen molar-refractivity contribution in [1.29, 1.82) is 0 Å². The van der Waals surface area contributed by atoms with Crippen LogP contribution in [0.3, 0.4) is 0 Å². The molecule has 2 aliphatic carbocycles. The summed E-state index contributed by atoms with van der Waals surface area (Å²) in [6.07, 6.45) is 4.22. The Bertz CT molecular complexity index is 669. The summed E-state index contributed by atoms with van der Waals surface area (Å²) in [4.78, 5) is 0. The van der Waals surface area contributed by atoms with Crippen molar-refractivity contribution in [2.24, 2.45) is 5.92 Å². The number of hydrogen-bond donors (Lipinski definition) is 1. The summed E-state index contributed by atoms with van der Waals surface area (Å²) in [5.74, 6) is 3.20. The van der Waals surface area contributed by atoms with E-state index in [9.17, 15) is 0 Å². The van der Waals surface area contributed by atoms with Crippen molar-refractivity contribution < 1.29 is 14.2 Å². The standard InChI is InChI=1S/C19H25NO3/c1-5-20-13-10-11-6-8-14(21-3)17-16(11)19(2)12(13)7-9-15(22-4)18(19)23-17/h6,8-9,12-13,18,20H,5,7,10H2,1-4H3/t12?,13?,18?,19-/m0/s1. The number of rotatable bonds is 4. The number of hydrogen-bond acceptors (Lipinski definition) is 4. The molecule has 4 heteroatoms. The van der Waals surface area contributed by atoms with Crippen LogP contribution in [0.2, 0.25) is 0 Å². The van der Waals surface area contributed by atoms with E-state index in [2.05, 4.69) is 31.3 Å². The lowest BCUT2D eigenvalue weighted by Gasteiger charge is -2.48. The highest BCUT2D eigenvalue weighted by molar-refractivity contribution is 5.61. The van der Waals surface area contributed by atoms with E-state index in [1.807, 2.05) is 6.07 Å². The van der Waals surface area contributed by atoms with Crippen LogP contribution in [0.4, 0.5) is 0 Å². The van der Waals surface area contributed by atoms with Crippen molar-refractivity contribution in [3.8, 4) is 11.5 Å². The second-order valence-corrected chi connectivity index (χ2v) is 6.93. The van der Waals surface area contributed by atoms with Crippen LogP contribution in [0, 0.1) is 5.92 Å². The van der Waals surface area contributed by atoms with Crippen LogP contribution in [-0.2, 0) is 16.6 Å². The van der Waals surface area contributed by atoms with Crippen molar-refractivity contribution in [3.63, 3.8) is 0 Å². The summed E-state index contributed by atoms with van der Waals surface area (Å²) in [6, 6.07) is 4.71. The zero-order valence-electron chi connectivity index (χ0n) is 14.3. The van der Waals surface area contributed by atoms with Gasteiger partial charge in [0, 0.05) is 17.0 Å². The summed E-state index contributed by atoms with van der Waals surface area (Å²) in [7, 11) is 3.45. The minimum Gasteiger partial charge on any atom is -0.497 e. The number of nitrogens with one attached hydrogen (secondary N) is 1. The molecule has 0 bridgehead atoms. The normalized spacial score (nSPS) is 33.6. The maximum absolute atomic E-state index is 6.41. The highest BCUT2D eigenvalue weighted by Gasteiger charge is 2.59. The summed E-state index contributed by atoms with van der Waals surface area (Å²) in [5, 5.41) is 3.70. The zero-order valence-corrected chi connectivity index (χ0v) is 14.3. The van der Waals surface area contributed by atoms with Gasteiger partial charge in [-0.15, -0.1) is 0 Å². The fourth-order valence-electron chi connectivity index (χ4n) is 4.97. The van der Waals surface area contributed by atoms with E-state index >= 15 is 0 Å². The van der Waals surface area contributed by atoms with Crippen LogP contribution in [0.5, 0.6) is 11.5 Å². The number of methoxy groups -OCH3 is 2. The predicted molar refractivity (Wildman–Crippen MR) is 89.1 cm³/mol. The smallest absolute Gasteiger partial charge is 0.166 e. The zero-order chi connectivity index (χ0) is 16.2. The van der Waals surface area contributed by atoms with Crippen molar-refractivity contribution in [2.45, 2.75) is 44.2 Å². The van der Waals surface area contributed by atoms with Crippen LogP contribution in [0.15, 0.2) is 24.0 Å². The molecule has 0 amide bonds. The van der Waals surface area contributed by atoms with E-state index in [-0.39, 0.29) is 11.5 Å². The third-order valence-electron chi connectivity index (χ3n) is 5.98. The van der Waals surface area contributed by atoms with E-state index < -0.39 is 0 Å². The molecule has 124 valence electrons. The van der Waals surface area contributed by atoms with Crippen LogP contribution in [-0.4, -0.2) is 32.9 Å². The Morgan fingerprint density at radius 3 is 2.83 bits per heavy atom. The SMILES string of the molecule is CCNC1Cc2ccc(OC)c3c2[C@@]2(C)C(O3)C(OC)=CCC12. The summed E-state index contributed by atoms with van der Waals surface area (Å²) in [6.45, 7) is 5.51. The van der Waals surface area contributed by atoms with Crippen molar-refractivity contribution >= 4 is 0 Å². The van der Waals surface area contributed by atoms with Gasteiger partial charge >= 0.3 is 0 Å². The summed E-state index contributed by atoms with van der Waals surface area (Å²) >= 11 is 0. The Labute approximate surface area is 137 Å². The molecule has 23 heavy (non-hydrogen) atoms. The fourth-order valence-corrected chi connectivity index (χ4v) is 4.97. The molecular formula is C19H25NO3. The molecule has 4 nitrogen and oxygen atoms in total. The van der Waals surface area contributed by atoms with Gasteiger partial charge < -0.3 is 19.5 Å². The largest absolute Gasteiger partial charge is 0.497 e.